The predicted molar refractivity (Wildman–Crippen MR) is 147 cm³/mol. The number of hydrogen-bond donors (Lipinski definition) is 1. The minimum absolute atomic E-state index is 0.559. The quantitative estimate of drug-likeness (QED) is 0.235. The summed E-state index contributed by atoms with van der Waals surface area (Å²) in [6, 6.07) is 16.2. The average molecular weight is 481 g/mol. The zero-order valence-corrected chi connectivity index (χ0v) is 21.9. The molecule has 3 nitrogen and oxygen atoms in total. The second kappa shape index (κ2) is 13.8. The highest BCUT2D eigenvalue weighted by atomic mass is 35.5. The molecule has 1 atom stereocenters. The van der Waals surface area contributed by atoms with Gasteiger partial charge in [-0.25, -0.2) is 4.98 Å². The monoisotopic (exact) mass is 480 g/mol. The number of pyridine rings is 1. The van der Waals surface area contributed by atoms with Gasteiger partial charge in [0.1, 0.15) is 0 Å². The lowest BCUT2D eigenvalue weighted by molar-refractivity contribution is 0.111. The van der Waals surface area contributed by atoms with Gasteiger partial charge in [0.05, 0.1) is 17.3 Å². The van der Waals surface area contributed by atoms with Gasteiger partial charge in [0.2, 0.25) is 0 Å². The summed E-state index contributed by atoms with van der Waals surface area (Å²) in [5, 5.41) is 13.2. The van der Waals surface area contributed by atoms with E-state index in [-0.39, 0.29) is 0 Å². The molecule has 0 saturated carbocycles. The molecule has 1 aromatic heterocycles. The number of hydrogen-bond acceptors (Lipinski definition) is 3. The molecular weight excluding hydrogens is 440 g/mol. The van der Waals surface area contributed by atoms with Gasteiger partial charge >= 0.3 is 0 Å². The molecule has 2 aromatic carbocycles. The maximum absolute atomic E-state index is 11.5. The highest BCUT2D eigenvalue weighted by Gasteiger charge is 2.18. The van der Waals surface area contributed by atoms with Crippen LogP contribution in [0.15, 0.2) is 48.5 Å². The molecule has 1 heterocycles. The highest BCUT2D eigenvalue weighted by Crippen LogP contribution is 2.30. The lowest BCUT2D eigenvalue weighted by Gasteiger charge is -2.26. The lowest BCUT2D eigenvalue weighted by atomic mass is 9.98. The molecule has 3 rings (SSSR count). The molecule has 1 unspecified atom stereocenters. The molecule has 4 heteroatoms. The van der Waals surface area contributed by atoms with E-state index in [0.717, 1.165) is 40.8 Å². The summed E-state index contributed by atoms with van der Waals surface area (Å²) < 4.78 is 0. The Kier molecular flexibility index (Phi) is 10.8. The Morgan fingerprint density at radius 3 is 2.12 bits per heavy atom. The van der Waals surface area contributed by atoms with Crippen LogP contribution in [-0.2, 0) is 0 Å². The van der Waals surface area contributed by atoms with Crippen LogP contribution in [0.1, 0.15) is 82.4 Å². The maximum Gasteiger partial charge on any atom is 0.0924 e. The Balaban J connectivity index is 1.86. The molecule has 0 radical (unpaired) electrons. The number of aliphatic hydroxyl groups is 1. The van der Waals surface area contributed by atoms with Crippen molar-refractivity contribution in [2.45, 2.75) is 78.2 Å². The van der Waals surface area contributed by atoms with E-state index in [1.165, 1.54) is 56.9 Å². The van der Waals surface area contributed by atoms with Crippen LogP contribution in [0, 0.1) is 6.92 Å². The molecule has 1 N–H and O–H groups in total. The summed E-state index contributed by atoms with van der Waals surface area (Å²) in [6.07, 6.45) is 9.41. The molecule has 0 fully saturated rings. The molecule has 34 heavy (non-hydrogen) atoms. The van der Waals surface area contributed by atoms with Gasteiger partial charge in [0, 0.05) is 22.5 Å². The number of aromatic nitrogens is 1. The highest BCUT2D eigenvalue weighted by molar-refractivity contribution is 6.30. The number of halogens is 1. The van der Waals surface area contributed by atoms with Crippen molar-refractivity contribution < 1.29 is 5.11 Å². The summed E-state index contributed by atoms with van der Waals surface area (Å²) in [7, 11) is 0. The van der Waals surface area contributed by atoms with Crippen LogP contribution < -0.4 is 0 Å². The summed E-state index contributed by atoms with van der Waals surface area (Å²) in [4.78, 5) is 7.40. The van der Waals surface area contributed by atoms with Crippen LogP contribution in [-0.4, -0.2) is 34.6 Å². The molecule has 0 aliphatic heterocycles. The van der Waals surface area contributed by atoms with E-state index < -0.39 is 6.10 Å². The third kappa shape index (κ3) is 7.80. The van der Waals surface area contributed by atoms with Crippen molar-refractivity contribution in [1.29, 1.82) is 0 Å². The first kappa shape index (κ1) is 26.7. The standard InChI is InChI=1S/C30H41ClN2O/c1-4-6-8-10-18-33(19-11-9-7-5-2)22-30(34)27-21-28(24-13-15-25(31)16-14-24)32-29-20-23(3)12-17-26(27)29/h12-17,20-21,30,34H,4-11,18-19,22H2,1-3H3. The first-order valence-electron chi connectivity index (χ1n) is 13.1. The molecule has 0 aliphatic carbocycles. The fraction of sp³-hybridized carbons (Fsp3) is 0.500. The van der Waals surface area contributed by atoms with Gasteiger partial charge in [-0.1, -0.05) is 88.2 Å². The van der Waals surface area contributed by atoms with E-state index in [2.05, 4.69) is 49.9 Å². The second-order valence-electron chi connectivity index (χ2n) is 9.56. The third-order valence-electron chi connectivity index (χ3n) is 6.58. The van der Waals surface area contributed by atoms with Crippen LogP contribution in [0.4, 0.5) is 0 Å². The summed E-state index contributed by atoms with van der Waals surface area (Å²) in [5.41, 5.74) is 4.95. The number of benzene rings is 2. The SMILES string of the molecule is CCCCCCN(CCCCCC)CC(O)c1cc(-c2ccc(Cl)cc2)nc2cc(C)ccc12. The Morgan fingerprint density at radius 1 is 0.853 bits per heavy atom. The molecule has 0 saturated heterocycles. The molecule has 0 spiro atoms. The molecular formula is C30H41ClN2O. The predicted octanol–water partition coefficient (Wildman–Crippen LogP) is 8.36. The fourth-order valence-electron chi connectivity index (χ4n) is 4.57. The smallest absolute Gasteiger partial charge is 0.0924 e. The van der Waals surface area contributed by atoms with Gasteiger partial charge in [-0.3, -0.25) is 0 Å². The Bertz CT molecular complexity index is 1010. The number of unbranched alkanes of at least 4 members (excludes halogenated alkanes) is 6. The Morgan fingerprint density at radius 2 is 1.50 bits per heavy atom. The minimum Gasteiger partial charge on any atom is -0.387 e. The first-order chi connectivity index (χ1) is 16.5. The Hall–Kier alpha value is -1.94. The summed E-state index contributed by atoms with van der Waals surface area (Å²) in [5.74, 6) is 0. The van der Waals surface area contributed by atoms with Crippen LogP contribution in [0.5, 0.6) is 0 Å². The van der Waals surface area contributed by atoms with E-state index in [9.17, 15) is 5.11 Å². The van der Waals surface area contributed by atoms with Crippen molar-refractivity contribution in [3.63, 3.8) is 0 Å². The zero-order valence-electron chi connectivity index (χ0n) is 21.2. The normalized spacial score (nSPS) is 12.5. The van der Waals surface area contributed by atoms with E-state index in [4.69, 9.17) is 16.6 Å². The molecule has 184 valence electrons. The van der Waals surface area contributed by atoms with Gasteiger partial charge in [-0.2, -0.15) is 0 Å². The molecule has 0 amide bonds. The second-order valence-corrected chi connectivity index (χ2v) is 10.00. The number of fused-ring (bicyclic) bond motifs is 1. The van der Waals surface area contributed by atoms with Crippen molar-refractivity contribution >= 4 is 22.5 Å². The van der Waals surface area contributed by atoms with Crippen LogP contribution in [0.2, 0.25) is 5.02 Å². The topological polar surface area (TPSA) is 36.4 Å². The minimum atomic E-state index is -0.559. The maximum atomic E-state index is 11.5. The first-order valence-corrected chi connectivity index (χ1v) is 13.5. The van der Waals surface area contributed by atoms with E-state index in [0.29, 0.717) is 11.6 Å². The average Bonchev–Trinajstić information content (AvgIpc) is 2.83. The van der Waals surface area contributed by atoms with Crippen molar-refractivity contribution in [2.24, 2.45) is 0 Å². The van der Waals surface area contributed by atoms with E-state index in [1.54, 1.807) is 0 Å². The number of nitrogens with zero attached hydrogens (tertiary/aromatic N) is 2. The van der Waals surface area contributed by atoms with Gasteiger partial charge in [0.15, 0.2) is 0 Å². The largest absolute Gasteiger partial charge is 0.387 e. The van der Waals surface area contributed by atoms with Crippen molar-refractivity contribution in [1.82, 2.24) is 9.88 Å². The van der Waals surface area contributed by atoms with Crippen LogP contribution >= 0.6 is 11.6 Å². The zero-order chi connectivity index (χ0) is 24.3. The van der Waals surface area contributed by atoms with E-state index >= 15 is 0 Å². The van der Waals surface area contributed by atoms with Gasteiger partial charge in [-0.15, -0.1) is 0 Å². The number of rotatable bonds is 14. The lowest BCUT2D eigenvalue weighted by Crippen LogP contribution is -2.31. The van der Waals surface area contributed by atoms with Crippen LogP contribution in [0.25, 0.3) is 22.2 Å². The van der Waals surface area contributed by atoms with Crippen molar-refractivity contribution in [3.05, 3.63) is 64.7 Å². The molecule has 0 bridgehead atoms. The fourth-order valence-corrected chi connectivity index (χ4v) is 4.70. The summed E-state index contributed by atoms with van der Waals surface area (Å²) in [6.45, 7) is 9.35. The Labute approximate surface area is 211 Å². The summed E-state index contributed by atoms with van der Waals surface area (Å²) >= 11 is 6.11. The van der Waals surface area contributed by atoms with Gasteiger partial charge < -0.3 is 10.0 Å². The van der Waals surface area contributed by atoms with Gasteiger partial charge in [0.25, 0.3) is 0 Å². The van der Waals surface area contributed by atoms with Crippen LogP contribution in [0.3, 0.4) is 0 Å². The van der Waals surface area contributed by atoms with Crippen molar-refractivity contribution in [3.8, 4) is 11.3 Å². The van der Waals surface area contributed by atoms with E-state index in [1.807, 2.05) is 24.3 Å². The third-order valence-corrected chi connectivity index (χ3v) is 6.84. The molecule has 3 aromatic rings. The number of aryl methyl sites for hydroxylation is 1. The molecule has 0 aliphatic rings. The van der Waals surface area contributed by atoms with Gasteiger partial charge in [-0.05, 0) is 68.2 Å². The van der Waals surface area contributed by atoms with Crippen molar-refractivity contribution in [2.75, 3.05) is 19.6 Å². The number of aliphatic hydroxyl groups excluding tert-OH is 1.